The van der Waals surface area contributed by atoms with Crippen molar-refractivity contribution >= 4 is 38.4 Å². The highest BCUT2D eigenvalue weighted by atomic mass is 32.1. The summed E-state index contributed by atoms with van der Waals surface area (Å²) in [6.07, 6.45) is 4.11. The summed E-state index contributed by atoms with van der Waals surface area (Å²) in [5.41, 5.74) is 3.97. The van der Waals surface area contributed by atoms with E-state index in [0.29, 0.717) is 17.4 Å². The number of likely N-dealkylation sites (N-methyl/N-ethyl adjacent to an activating group) is 1. The van der Waals surface area contributed by atoms with Crippen molar-refractivity contribution in [3.8, 4) is 16.2 Å². The van der Waals surface area contributed by atoms with Crippen LogP contribution in [0.5, 0.6) is 5.75 Å². The van der Waals surface area contributed by atoms with Gasteiger partial charge < -0.3 is 20.1 Å². The van der Waals surface area contributed by atoms with Gasteiger partial charge in [0.1, 0.15) is 5.75 Å². The van der Waals surface area contributed by atoms with E-state index < -0.39 is 11.6 Å². The highest BCUT2D eigenvalue weighted by Crippen LogP contribution is 2.49. The van der Waals surface area contributed by atoms with Gasteiger partial charge in [-0.1, -0.05) is 12.1 Å². The summed E-state index contributed by atoms with van der Waals surface area (Å²) in [7, 11) is 5.82. The van der Waals surface area contributed by atoms with E-state index in [2.05, 4.69) is 50.7 Å². The van der Waals surface area contributed by atoms with Crippen LogP contribution in [-0.4, -0.2) is 56.5 Å². The van der Waals surface area contributed by atoms with Gasteiger partial charge in [-0.3, -0.25) is 9.78 Å². The number of benzene rings is 2. The number of fused-ring (bicyclic) bond motifs is 1. The predicted molar refractivity (Wildman–Crippen MR) is 156 cm³/mol. The van der Waals surface area contributed by atoms with E-state index in [1.807, 2.05) is 43.3 Å². The molecule has 1 saturated carbocycles. The molecule has 6 rings (SSSR count). The van der Waals surface area contributed by atoms with Crippen LogP contribution in [0.25, 0.3) is 21.3 Å². The number of aromatic nitrogens is 1. The number of thiophene rings is 1. The molecule has 1 aliphatic carbocycles. The van der Waals surface area contributed by atoms with Crippen molar-refractivity contribution in [3.63, 3.8) is 0 Å². The third kappa shape index (κ3) is 5.02. The number of ether oxygens (including phenoxy) is 1. The standard InChI is InChI=1S/C31H32N3O3SSi/c1-18-6-7-21(37-30(39)26-10-14-34(26)3)17-23(18)29(36)33-31(11-12-31)24-15-20(16-25-22(24)5-4-13-32-25)28-9-8-27(38-28)19(2)35/h4-9,13,15-17,19,26,30,35H,10-12,14H2,1-3H3,(H,33,36)/t19?,26-,30?/m0/s1. The second-order valence-corrected chi connectivity index (χ2v) is 12.5. The van der Waals surface area contributed by atoms with Crippen LogP contribution in [-0.2, 0) is 5.54 Å². The number of pyridine rings is 1. The lowest BCUT2D eigenvalue weighted by atomic mass is 9.95. The molecule has 2 aromatic heterocycles. The summed E-state index contributed by atoms with van der Waals surface area (Å²) in [6.45, 7) is 4.81. The van der Waals surface area contributed by atoms with Crippen molar-refractivity contribution in [2.45, 2.75) is 56.5 Å². The molecule has 2 aromatic carbocycles. The first-order chi connectivity index (χ1) is 18.7. The van der Waals surface area contributed by atoms with Crippen LogP contribution < -0.4 is 10.1 Å². The second kappa shape index (κ2) is 10.2. The number of amides is 1. The molecule has 0 bridgehead atoms. The van der Waals surface area contributed by atoms with E-state index in [0.717, 1.165) is 63.2 Å². The summed E-state index contributed by atoms with van der Waals surface area (Å²) in [5, 5.41) is 14.5. The lowest BCUT2D eigenvalue weighted by molar-refractivity contribution is 0.0562. The van der Waals surface area contributed by atoms with Crippen molar-refractivity contribution in [1.82, 2.24) is 15.2 Å². The number of carbonyl (C=O) groups is 1. The maximum Gasteiger partial charge on any atom is 0.252 e. The number of nitrogens with zero attached hydrogens (tertiary/aromatic N) is 2. The summed E-state index contributed by atoms with van der Waals surface area (Å²) >= 11 is 1.58. The molecule has 3 radical (unpaired) electrons. The number of hydrogen-bond acceptors (Lipinski definition) is 6. The average molecular weight is 555 g/mol. The topological polar surface area (TPSA) is 74.7 Å². The van der Waals surface area contributed by atoms with Crippen molar-refractivity contribution < 1.29 is 14.6 Å². The molecule has 1 saturated heterocycles. The molecule has 4 aromatic rings. The molecular formula is C31H32N3O3SSi. The number of carbonyl (C=O) groups excluding carboxylic acids is 1. The van der Waals surface area contributed by atoms with Crippen LogP contribution in [0, 0.1) is 6.92 Å². The van der Waals surface area contributed by atoms with Crippen molar-refractivity contribution in [2.75, 3.05) is 13.6 Å². The molecule has 8 heteroatoms. The molecule has 3 atom stereocenters. The van der Waals surface area contributed by atoms with E-state index in [9.17, 15) is 9.90 Å². The Labute approximate surface area is 236 Å². The smallest absolute Gasteiger partial charge is 0.252 e. The first kappa shape index (κ1) is 26.2. The molecule has 2 unspecified atom stereocenters. The molecule has 39 heavy (non-hydrogen) atoms. The van der Waals surface area contributed by atoms with Crippen LogP contribution in [0.15, 0.2) is 60.8 Å². The summed E-state index contributed by atoms with van der Waals surface area (Å²) in [5.74, 6) is 0.579. The van der Waals surface area contributed by atoms with E-state index in [-0.39, 0.29) is 11.6 Å². The zero-order valence-electron chi connectivity index (χ0n) is 22.4. The van der Waals surface area contributed by atoms with Crippen LogP contribution in [0.4, 0.5) is 0 Å². The van der Waals surface area contributed by atoms with Gasteiger partial charge in [0.25, 0.3) is 5.91 Å². The van der Waals surface area contributed by atoms with Crippen LogP contribution >= 0.6 is 11.3 Å². The number of hydrogen-bond donors (Lipinski definition) is 2. The van der Waals surface area contributed by atoms with Gasteiger partial charge in [0.2, 0.25) is 0 Å². The van der Waals surface area contributed by atoms with Gasteiger partial charge in [0, 0.05) is 32.9 Å². The second-order valence-electron chi connectivity index (χ2n) is 10.9. The maximum absolute atomic E-state index is 13.7. The normalized spacial score (nSPS) is 19.8. The molecule has 2 aliphatic rings. The summed E-state index contributed by atoms with van der Waals surface area (Å²) < 4.78 is 6.17. The Balaban J connectivity index is 1.30. The van der Waals surface area contributed by atoms with Crippen molar-refractivity contribution in [3.05, 3.63) is 82.4 Å². The van der Waals surface area contributed by atoms with Gasteiger partial charge in [-0.25, -0.2) is 0 Å². The Morgan fingerprint density at radius 2 is 2.05 bits per heavy atom. The molecule has 2 fully saturated rings. The molecule has 6 nitrogen and oxygen atoms in total. The Morgan fingerprint density at radius 3 is 2.72 bits per heavy atom. The average Bonchev–Trinajstić information content (AvgIpc) is 3.50. The van der Waals surface area contributed by atoms with Gasteiger partial charge in [0.05, 0.1) is 33.1 Å². The highest BCUT2D eigenvalue weighted by molar-refractivity contribution is 7.15. The zero-order valence-corrected chi connectivity index (χ0v) is 24.2. The van der Waals surface area contributed by atoms with Crippen molar-refractivity contribution in [2.24, 2.45) is 0 Å². The molecule has 0 spiro atoms. The predicted octanol–water partition coefficient (Wildman–Crippen LogP) is 5.32. The van der Waals surface area contributed by atoms with Crippen molar-refractivity contribution in [1.29, 1.82) is 0 Å². The van der Waals surface area contributed by atoms with E-state index in [4.69, 9.17) is 4.74 Å². The van der Waals surface area contributed by atoms with E-state index in [1.165, 1.54) is 0 Å². The third-order valence-corrected chi connectivity index (χ3v) is 9.88. The zero-order chi connectivity index (χ0) is 27.3. The summed E-state index contributed by atoms with van der Waals surface area (Å²) in [6, 6.07) is 18.4. The fraction of sp³-hybridized carbons (Fsp3) is 0.355. The Morgan fingerprint density at radius 1 is 1.23 bits per heavy atom. The lowest BCUT2D eigenvalue weighted by Gasteiger charge is -2.41. The van der Waals surface area contributed by atoms with Crippen LogP contribution in [0.3, 0.4) is 0 Å². The Hall–Kier alpha value is -3.04. The van der Waals surface area contributed by atoms with Crippen LogP contribution in [0.2, 0.25) is 0 Å². The van der Waals surface area contributed by atoms with Gasteiger partial charge in [-0.05, 0) is 106 Å². The minimum Gasteiger partial charge on any atom is -0.493 e. The van der Waals surface area contributed by atoms with Gasteiger partial charge in [0.15, 0.2) is 0 Å². The van der Waals surface area contributed by atoms with Crippen LogP contribution in [0.1, 0.15) is 58.7 Å². The first-order valence-corrected chi connectivity index (χ1v) is 14.8. The lowest BCUT2D eigenvalue weighted by Crippen LogP contribution is -2.53. The Kier molecular flexibility index (Phi) is 6.83. The van der Waals surface area contributed by atoms with E-state index in [1.54, 1.807) is 24.5 Å². The minimum atomic E-state index is -0.506. The number of rotatable bonds is 8. The molecule has 1 aliphatic heterocycles. The summed E-state index contributed by atoms with van der Waals surface area (Å²) in [4.78, 5) is 22.6. The SMILES string of the molecule is Cc1ccc(OC([Si])[C@@H]2CCN2C)cc1C(=O)NC1(c2cc(-c3ccc(C(C)O)s3)cc3ncccc23)CC1. The molecular weight excluding hydrogens is 523 g/mol. The number of aryl methyl sites for hydroxylation is 1. The first-order valence-electron chi connectivity index (χ1n) is 13.4. The molecule has 1 amide bonds. The van der Waals surface area contributed by atoms with Gasteiger partial charge in [-0.15, -0.1) is 11.3 Å². The number of aliphatic hydroxyl groups is 1. The highest BCUT2D eigenvalue weighted by Gasteiger charge is 2.47. The minimum absolute atomic E-state index is 0.100. The maximum atomic E-state index is 13.7. The van der Waals surface area contributed by atoms with E-state index >= 15 is 0 Å². The monoisotopic (exact) mass is 554 g/mol. The Bertz CT molecular complexity index is 1550. The number of aliphatic hydroxyl groups excluding tert-OH is 1. The fourth-order valence-corrected chi connectivity index (χ4v) is 6.88. The largest absolute Gasteiger partial charge is 0.493 e. The molecule has 2 N–H and O–H groups in total. The fourth-order valence-electron chi connectivity index (χ4n) is 5.39. The molecule has 3 heterocycles. The van der Waals surface area contributed by atoms with Gasteiger partial charge in [-0.2, -0.15) is 0 Å². The number of nitrogens with one attached hydrogen (secondary N) is 1. The third-order valence-electron chi connectivity index (χ3n) is 8.07. The quantitative estimate of drug-likeness (QED) is 0.288. The number of likely N-dealkylation sites (tertiary alicyclic amines) is 1. The van der Waals surface area contributed by atoms with Gasteiger partial charge >= 0.3 is 0 Å². The molecule has 199 valence electrons.